The molecule has 3 N–H and O–H groups in total. The number of aliphatic hydroxyl groups excluding tert-OH is 1. The maximum Gasteiger partial charge on any atom is 0.319 e. The molecule has 2 rings (SSSR count). The van der Waals surface area contributed by atoms with E-state index in [0.29, 0.717) is 23.0 Å². The Balaban J connectivity index is 1.95. The van der Waals surface area contributed by atoms with Crippen LogP contribution in [0.3, 0.4) is 0 Å². The molecule has 2 amide bonds. The van der Waals surface area contributed by atoms with E-state index in [1.807, 2.05) is 37.3 Å². The SMILES string of the molecule is Cc1cccc(NC(=O)NCc2ccccc2OCCO)c1Cl. The summed E-state index contributed by atoms with van der Waals surface area (Å²) in [4.78, 5) is 12.0. The normalized spacial score (nSPS) is 10.2. The minimum Gasteiger partial charge on any atom is -0.491 e. The standard InChI is InChI=1S/C17H19ClN2O3/c1-12-5-4-7-14(16(12)18)20-17(22)19-11-13-6-2-3-8-15(13)23-10-9-21/h2-8,21H,9-11H2,1H3,(H2,19,20,22). The fourth-order valence-electron chi connectivity index (χ4n) is 2.03. The topological polar surface area (TPSA) is 70.6 Å². The molecule has 0 spiro atoms. The number of urea groups is 1. The highest BCUT2D eigenvalue weighted by atomic mass is 35.5. The highest BCUT2D eigenvalue weighted by molar-refractivity contribution is 6.34. The number of halogens is 1. The lowest BCUT2D eigenvalue weighted by Gasteiger charge is -2.13. The van der Waals surface area contributed by atoms with Crippen LogP contribution in [0.5, 0.6) is 5.75 Å². The number of benzene rings is 2. The first-order valence-electron chi connectivity index (χ1n) is 7.23. The molecule has 0 aliphatic heterocycles. The van der Waals surface area contributed by atoms with Crippen LogP contribution in [0.2, 0.25) is 5.02 Å². The molecule has 0 heterocycles. The number of ether oxygens (including phenoxy) is 1. The van der Waals surface area contributed by atoms with Gasteiger partial charge in [0.1, 0.15) is 12.4 Å². The van der Waals surface area contributed by atoms with Gasteiger partial charge in [0.2, 0.25) is 0 Å². The van der Waals surface area contributed by atoms with E-state index in [2.05, 4.69) is 10.6 Å². The average molecular weight is 335 g/mol. The monoisotopic (exact) mass is 334 g/mol. The minimum atomic E-state index is -0.352. The van der Waals surface area contributed by atoms with Crippen molar-refractivity contribution in [2.24, 2.45) is 0 Å². The molecule has 6 heteroatoms. The van der Waals surface area contributed by atoms with Crippen molar-refractivity contribution in [1.82, 2.24) is 5.32 Å². The van der Waals surface area contributed by atoms with Gasteiger partial charge in [-0.25, -0.2) is 4.79 Å². The van der Waals surface area contributed by atoms with Crippen molar-refractivity contribution in [3.05, 3.63) is 58.6 Å². The second kappa shape index (κ2) is 8.41. The molecule has 0 aliphatic rings. The zero-order chi connectivity index (χ0) is 16.7. The van der Waals surface area contributed by atoms with Gasteiger partial charge in [0.15, 0.2) is 0 Å². The molecule has 0 atom stereocenters. The second-order valence-corrected chi connectivity index (χ2v) is 5.30. The van der Waals surface area contributed by atoms with Crippen LogP contribution in [0, 0.1) is 6.92 Å². The number of anilines is 1. The van der Waals surface area contributed by atoms with Crippen LogP contribution in [0.25, 0.3) is 0 Å². The molecule has 0 bridgehead atoms. The first-order valence-corrected chi connectivity index (χ1v) is 7.61. The summed E-state index contributed by atoms with van der Waals surface area (Å²) in [6.07, 6.45) is 0. The summed E-state index contributed by atoms with van der Waals surface area (Å²) >= 11 is 6.15. The first-order chi connectivity index (χ1) is 11.1. The van der Waals surface area contributed by atoms with Crippen molar-refractivity contribution in [1.29, 1.82) is 0 Å². The number of aliphatic hydroxyl groups is 1. The maximum atomic E-state index is 12.0. The summed E-state index contributed by atoms with van der Waals surface area (Å²) in [7, 11) is 0. The Kier molecular flexibility index (Phi) is 6.26. The van der Waals surface area contributed by atoms with Gasteiger partial charge >= 0.3 is 6.03 Å². The minimum absolute atomic E-state index is 0.0614. The zero-order valence-corrected chi connectivity index (χ0v) is 13.6. The number of aryl methyl sites for hydroxylation is 1. The van der Waals surface area contributed by atoms with E-state index in [0.717, 1.165) is 11.1 Å². The average Bonchev–Trinajstić information content (AvgIpc) is 2.56. The molecule has 0 aliphatic carbocycles. The lowest BCUT2D eigenvalue weighted by Crippen LogP contribution is -2.28. The third-order valence-electron chi connectivity index (χ3n) is 3.20. The van der Waals surface area contributed by atoms with Gasteiger partial charge in [-0.15, -0.1) is 0 Å². The smallest absolute Gasteiger partial charge is 0.319 e. The van der Waals surface area contributed by atoms with Crippen LogP contribution < -0.4 is 15.4 Å². The molecule has 0 aromatic heterocycles. The second-order valence-electron chi connectivity index (χ2n) is 4.92. The van der Waals surface area contributed by atoms with Gasteiger partial charge in [0.25, 0.3) is 0 Å². The van der Waals surface area contributed by atoms with E-state index in [4.69, 9.17) is 21.4 Å². The molecule has 0 radical (unpaired) electrons. The molecule has 0 fully saturated rings. The van der Waals surface area contributed by atoms with Crippen molar-refractivity contribution < 1.29 is 14.6 Å². The number of para-hydroxylation sites is 1. The summed E-state index contributed by atoms with van der Waals surface area (Å²) < 4.78 is 5.43. The summed E-state index contributed by atoms with van der Waals surface area (Å²) in [5.74, 6) is 0.635. The number of carbonyl (C=O) groups excluding carboxylic acids is 1. The highest BCUT2D eigenvalue weighted by Crippen LogP contribution is 2.25. The third kappa shape index (κ3) is 4.87. The molecule has 5 nitrogen and oxygen atoms in total. The van der Waals surface area contributed by atoms with Crippen molar-refractivity contribution >= 4 is 23.3 Å². The van der Waals surface area contributed by atoms with Crippen LogP contribution in [0.15, 0.2) is 42.5 Å². The quantitative estimate of drug-likeness (QED) is 0.758. The van der Waals surface area contributed by atoms with Crippen LogP contribution in [0.4, 0.5) is 10.5 Å². The number of nitrogens with one attached hydrogen (secondary N) is 2. The fraction of sp³-hybridized carbons (Fsp3) is 0.235. The molecule has 23 heavy (non-hydrogen) atoms. The van der Waals surface area contributed by atoms with Crippen molar-refractivity contribution in [2.45, 2.75) is 13.5 Å². The highest BCUT2D eigenvalue weighted by Gasteiger charge is 2.08. The summed E-state index contributed by atoms with van der Waals surface area (Å²) in [5.41, 5.74) is 2.28. The number of hydrogen-bond acceptors (Lipinski definition) is 3. The lowest BCUT2D eigenvalue weighted by molar-refractivity contribution is 0.200. The number of rotatable bonds is 6. The number of hydrogen-bond donors (Lipinski definition) is 3. The molecule has 2 aromatic carbocycles. The lowest BCUT2D eigenvalue weighted by atomic mass is 10.2. The third-order valence-corrected chi connectivity index (χ3v) is 3.70. The summed E-state index contributed by atoms with van der Waals surface area (Å²) in [6.45, 7) is 2.33. The molecular formula is C17H19ClN2O3. The van der Waals surface area contributed by atoms with E-state index in [1.54, 1.807) is 12.1 Å². The van der Waals surface area contributed by atoms with Crippen LogP contribution in [-0.2, 0) is 6.54 Å². The molecule has 0 unspecified atom stereocenters. The molecule has 2 aromatic rings. The van der Waals surface area contributed by atoms with Crippen molar-refractivity contribution in [2.75, 3.05) is 18.5 Å². The van der Waals surface area contributed by atoms with Crippen LogP contribution in [0.1, 0.15) is 11.1 Å². The Bertz CT molecular complexity index is 677. The molecule has 0 saturated heterocycles. The Hall–Kier alpha value is -2.24. The summed E-state index contributed by atoms with van der Waals surface area (Å²) in [6, 6.07) is 12.4. The predicted molar refractivity (Wildman–Crippen MR) is 91.1 cm³/mol. The van der Waals surface area contributed by atoms with Gasteiger partial charge in [-0.05, 0) is 24.6 Å². The fourth-order valence-corrected chi connectivity index (χ4v) is 2.21. The Labute approximate surface area is 140 Å². The predicted octanol–water partition coefficient (Wildman–Crippen LogP) is 3.34. The van der Waals surface area contributed by atoms with Gasteiger partial charge in [-0.1, -0.05) is 41.9 Å². The van der Waals surface area contributed by atoms with E-state index >= 15 is 0 Å². The first kappa shape index (κ1) is 17.1. The van der Waals surface area contributed by atoms with Gasteiger partial charge in [0, 0.05) is 12.1 Å². The molecule has 122 valence electrons. The van der Waals surface area contributed by atoms with Gasteiger partial charge in [-0.3, -0.25) is 0 Å². The maximum absolute atomic E-state index is 12.0. The molecular weight excluding hydrogens is 316 g/mol. The zero-order valence-electron chi connectivity index (χ0n) is 12.8. The largest absolute Gasteiger partial charge is 0.491 e. The Morgan fingerprint density at radius 3 is 2.78 bits per heavy atom. The van der Waals surface area contributed by atoms with Crippen LogP contribution >= 0.6 is 11.6 Å². The van der Waals surface area contributed by atoms with Crippen molar-refractivity contribution in [3.63, 3.8) is 0 Å². The van der Waals surface area contributed by atoms with Crippen LogP contribution in [-0.4, -0.2) is 24.4 Å². The van der Waals surface area contributed by atoms with Gasteiger partial charge in [-0.2, -0.15) is 0 Å². The number of carbonyl (C=O) groups is 1. The van der Waals surface area contributed by atoms with E-state index in [-0.39, 0.29) is 19.2 Å². The van der Waals surface area contributed by atoms with E-state index in [1.165, 1.54) is 0 Å². The van der Waals surface area contributed by atoms with Crippen molar-refractivity contribution in [3.8, 4) is 5.75 Å². The Morgan fingerprint density at radius 1 is 1.22 bits per heavy atom. The summed E-state index contributed by atoms with van der Waals surface area (Å²) in [5, 5.41) is 14.8. The van der Waals surface area contributed by atoms with Gasteiger partial charge in [0.05, 0.1) is 17.3 Å². The molecule has 0 saturated carbocycles. The van der Waals surface area contributed by atoms with Gasteiger partial charge < -0.3 is 20.5 Å². The Morgan fingerprint density at radius 2 is 2.00 bits per heavy atom. The van der Waals surface area contributed by atoms with E-state index < -0.39 is 0 Å². The number of amides is 2. The van der Waals surface area contributed by atoms with E-state index in [9.17, 15) is 4.79 Å².